The lowest BCUT2D eigenvalue weighted by atomic mass is 9.96. The highest BCUT2D eigenvalue weighted by molar-refractivity contribution is 5.92. The summed E-state index contributed by atoms with van der Waals surface area (Å²) in [7, 11) is 0. The van der Waals surface area contributed by atoms with Crippen molar-refractivity contribution in [3.8, 4) is 0 Å². The number of hydrogen-bond donors (Lipinski definition) is 0. The average Bonchev–Trinajstić information content (AvgIpc) is 2.67. The van der Waals surface area contributed by atoms with Crippen LogP contribution in [0.5, 0.6) is 0 Å². The Balaban J connectivity index is 2.20. The van der Waals surface area contributed by atoms with Gasteiger partial charge in [0.2, 0.25) is 0 Å². The molecule has 0 bridgehead atoms. The van der Waals surface area contributed by atoms with Crippen molar-refractivity contribution in [2.75, 3.05) is 18.0 Å². The van der Waals surface area contributed by atoms with Gasteiger partial charge in [-0.2, -0.15) is 0 Å². The Morgan fingerprint density at radius 2 is 2.00 bits per heavy atom. The van der Waals surface area contributed by atoms with Gasteiger partial charge in [0.25, 0.3) is 0 Å². The quantitative estimate of drug-likeness (QED) is 0.741. The number of nitrogens with zero attached hydrogens (tertiary/aromatic N) is 1. The van der Waals surface area contributed by atoms with E-state index in [0.717, 1.165) is 0 Å². The van der Waals surface area contributed by atoms with E-state index in [9.17, 15) is 0 Å². The molecule has 0 aromatic heterocycles. The molecule has 88 valence electrons. The van der Waals surface area contributed by atoms with E-state index in [2.05, 4.69) is 55.1 Å². The van der Waals surface area contributed by atoms with Gasteiger partial charge in [0, 0.05) is 24.7 Å². The van der Waals surface area contributed by atoms with Crippen LogP contribution in [0.2, 0.25) is 0 Å². The molecule has 1 nitrogen and oxygen atoms in total. The largest absolute Gasteiger partial charge is 0.371 e. The third-order valence-electron chi connectivity index (χ3n) is 3.77. The smallest absolute Gasteiger partial charge is 0.0408 e. The topological polar surface area (TPSA) is 3.24 Å². The molecule has 3 rings (SSSR count). The van der Waals surface area contributed by atoms with Crippen LogP contribution in [-0.2, 0) is 0 Å². The molecule has 0 saturated carbocycles. The van der Waals surface area contributed by atoms with Crippen LogP contribution in [0.1, 0.15) is 31.7 Å². The van der Waals surface area contributed by atoms with E-state index in [4.69, 9.17) is 0 Å². The Hall–Kier alpha value is -1.50. The molecule has 0 saturated heterocycles. The number of rotatable bonds is 2. The molecule has 1 heteroatoms. The molecule has 1 heterocycles. The van der Waals surface area contributed by atoms with E-state index in [0.29, 0.717) is 5.92 Å². The summed E-state index contributed by atoms with van der Waals surface area (Å²) in [6.45, 7) is 6.96. The fourth-order valence-corrected chi connectivity index (χ4v) is 3.08. The predicted molar refractivity (Wildman–Crippen MR) is 74.9 cm³/mol. The van der Waals surface area contributed by atoms with Crippen LogP contribution in [-0.4, -0.2) is 13.1 Å². The molecular formula is C16H19N. The van der Waals surface area contributed by atoms with E-state index in [1.165, 1.54) is 36.0 Å². The van der Waals surface area contributed by atoms with Crippen molar-refractivity contribution < 1.29 is 0 Å². The molecule has 0 aliphatic carbocycles. The highest BCUT2D eigenvalue weighted by atomic mass is 15.1. The number of fused-ring (bicyclic) bond motifs is 3. The second-order valence-corrected chi connectivity index (χ2v) is 5.07. The van der Waals surface area contributed by atoms with Gasteiger partial charge >= 0.3 is 0 Å². The van der Waals surface area contributed by atoms with Gasteiger partial charge in [0.1, 0.15) is 0 Å². The minimum Gasteiger partial charge on any atom is -0.371 e. The van der Waals surface area contributed by atoms with Crippen molar-refractivity contribution in [3.63, 3.8) is 0 Å². The van der Waals surface area contributed by atoms with Crippen molar-refractivity contribution in [1.29, 1.82) is 0 Å². The summed E-state index contributed by atoms with van der Waals surface area (Å²) in [6, 6.07) is 13.3. The molecular weight excluding hydrogens is 206 g/mol. The van der Waals surface area contributed by atoms with Gasteiger partial charge in [-0.25, -0.2) is 0 Å². The zero-order chi connectivity index (χ0) is 11.8. The van der Waals surface area contributed by atoms with Crippen molar-refractivity contribution in [2.24, 2.45) is 0 Å². The van der Waals surface area contributed by atoms with E-state index >= 15 is 0 Å². The Morgan fingerprint density at radius 3 is 2.82 bits per heavy atom. The van der Waals surface area contributed by atoms with Gasteiger partial charge in [0.15, 0.2) is 0 Å². The van der Waals surface area contributed by atoms with Crippen LogP contribution >= 0.6 is 0 Å². The molecule has 0 spiro atoms. The first-order valence-electron chi connectivity index (χ1n) is 6.58. The minimum atomic E-state index is 0.655. The summed E-state index contributed by atoms with van der Waals surface area (Å²) in [5.41, 5.74) is 3.01. The third-order valence-corrected chi connectivity index (χ3v) is 3.77. The third kappa shape index (κ3) is 1.61. The fraction of sp³-hybridized carbons (Fsp3) is 0.375. The van der Waals surface area contributed by atoms with Crippen LogP contribution in [0, 0.1) is 0 Å². The lowest BCUT2D eigenvalue weighted by Crippen LogP contribution is -2.21. The molecule has 0 fully saturated rings. The molecule has 2 aromatic carbocycles. The monoisotopic (exact) mass is 225 g/mol. The van der Waals surface area contributed by atoms with Crippen LogP contribution < -0.4 is 4.90 Å². The van der Waals surface area contributed by atoms with E-state index in [1.54, 1.807) is 5.56 Å². The second-order valence-electron chi connectivity index (χ2n) is 5.07. The average molecular weight is 225 g/mol. The molecule has 1 aliphatic heterocycles. The predicted octanol–water partition coefficient (Wildman–Crippen LogP) is 4.17. The molecule has 0 amide bonds. The number of anilines is 1. The highest BCUT2D eigenvalue weighted by Crippen LogP contribution is 2.40. The Kier molecular flexibility index (Phi) is 2.54. The van der Waals surface area contributed by atoms with Gasteiger partial charge in [-0.1, -0.05) is 44.2 Å². The lowest BCUT2D eigenvalue weighted by molar-refractivity contribution is 0.733. The van der Waals surface area contributed by atoms with Gasteiger partial charge in [-0.15, -0.1) is 0 Å². The van der Waals surface area contributed by atoms with Crippen LogP contribution in [0.25, 0.3) is 10.8 Å². The normalized spacial score (nSPS) is 18.7. The van der Waals surface area contributed by atoms with Gasteiger partial charge < -0.3 is 4.90 Å². The summed E-state index contributed by atoms with van der Waals surface area (Å²) in [4.78, 5) is 2.53. The maximum atomic E-state index is 2.53. The number of benzene rings is 2. The molecule has 17 heavy (non-hydrogen) atoms. The Bertz CT molecular complexity index is 544. The number of hydrogen-bond acceptors (Lipinski definition) is 1. The first-order valence-corrected chi connectivity index (χ1v) is 6.58. The van der Waals surface area contributed by atoms with E-state index < -0.39 is 0 Å². The van der Waals surface area contributed by atoms with Crippen molar-refractivity contribution in [2.45, 2.75) is 26.2 Å². The van der Waals surface area contributed by atoms with Gasteiger partial charge in [-0.05, 0) is 28.8 Å². The minimum absolute atomic E-state index is 0.655. The van der Waals surface area contributed by atoms with Crippen LogP contribution in [0.4, 0.5) is 5.69 Å². The molecule has 0 N–H and O–H groups in total. The fourth-order valence-electron chi connectivity index (χ4n) is 3.08. The second kappa shape index (κ2) is 4.06. The molecule has 1 aliphatic rings. The van der Waals surface area contributed by atoms with Crippen molar-refractivity contribution >= 4 is 16.5 Å². The lowest BCUT2D eigenvalue weighted by Gasteiger charge is -2.18. The van der Waals surface area contributed by atoms with Crippen LogP contribution in [0.15, 0.2) is 36.4 Å². The first kappa shape index (κ1) is 10.6. The maximum Gasteiger partial charge on any atom is 0.0408 e. The molecule has 0 radical (unpaired) electrons. The summed E-state index contributed by atoms with van der Waals surface area (Å²) in [6.07, 6.45) is 1.22. The zero-order valence-corrected chi connectivity index (χ0v) is 10.6. The Morgan fingerprint density at radius 1 is 1.18 bits per heavy atom. The molecule has 2 aromatic rings. The van der Waals surface area contributed by atoms with E-state index in [1.807, 2.05) is 0 Å². The summed E-state index contributed by atoms with van der Waals surface area (Å²) in [5.74, 6) is 0.655. The molecule has 1 unspecified atom stereocenters. The summed E-state index contributed by atoms with van der Waals surface area (Å²) < 4.78 is 0. The zero-order valence-electron chi connectivity index (χ0n) is 10.6. The first-order chi connectivity index (χ1) is 8.31. The van der Waals surface area contributed by atoms with Gasteiger partial charge in [0.05, 0.1) is 0 Å². The molecule has 1 atom stereocenters. The van der Waals surface area contributed by atoms with Crippen molar-refractivity contribution in [3.05, 3.63) is 42.0 Å². The SMILES string of the molecule is CCCN1CC(C)c2c1ccc1ccccc21. The summed E-state index contributed by atoms with van der Waals surface area (Å²) >= 11 is 0. The van der Waals surface area contributed by atoms with Crippen LogP contribution in [0.3, 0.4) is 0 Å². The van der Waals surface area contributed by atoms with E-state index in [-0.39, 0.29) is 0 Å². The Labute approximate surface area is 103 Å². The highest BCUT2D eigenvalue weighted by Gasteiger charge is 2.26. The standard InChI is InChI=1S/C16H19N/c1-3-10-17-11-12(2)16-14-7-5-4-6-13(14)8-9-15(16)17/h4-9,12H,3,10-11H2,1-2H3. The van der Waals surface area contributed by atoms with Gasteiger partial charge in [-0.3, -0.25) is 0 Å². The van der Waals surface area contributed by atoms with Crippen molar-refractivity contribution in [1.82, 2.24) is 0 Å². The maximum absolute atomic E-state index is 2.53. The summed E-state index contributed by atoms with van der Waals surface area (Å²) in [5, 5.41) is 2.81.